The molecule has 17 heavy (non-hydrogen) atoms. The summed E-state index contributed by atoms with van der Waals surface area (Å²) in [6.07, 6.45) is 3.55. The van der Waals surface area contributed by atoms with Gasteiger partial charge in [-0.3, -0.25) is 0 Å². The summed E-state index contributed by atoms with van der Waals surface area (Å²) in [5.41, 5.74) is 1.49. The van der Waals surface area contributed by atoms with Gasteiger partial charge in [-0.15, -0.1) is 0 Å². The maximum absolute atomic E-state index is 14.0. The van der Waals surface area contributed by atoms with Crippen LogP contribution in [0.25, 0.3) is 11.4 Å². The lowest BCUT2D eigenvalue weighted by Crippen LogP contribution is -2.06. The number of hydrogen-bond donors (Lipinski definition) is 1. The second-order valence-electron chi connectivity index (χ2n) is 3.88. The van der Waals surface area contributed by atoms with Crippen molar-refractivity contribution in [3.63, 3.8) is 0 Å². The van der Waals surface area contributed by atoms with Crippen molar-refractivity contribution < 1.29 is 4.39 Å². The molecule has 0 amide bonds. The molecule has 1 heterocycles. The van der Waals surface area contributed by atoms with Gasteiger partial charge in [0, 0.05) is 25.5 Å². The molecular weight excluding hydrogens is 217 g/mol. The largest absolute Gasteiger partial charge is 0.331 e. The summed E-state index contributed by atoms with van der Waals surface area (Å²) < 4.78 is 15.9. The summed E-state index contributed by atoms with van der Waals surface area (Å²) in [4.78, 5) is 4.20. The van der Waals surface area contributed by atoms with Crippen LogP contribution in [0.4, 0.5) is 4.39 Å². The number of benzene rings is 1. The number of nitrogens with one attached hydrogen (secondary N) is 1. The minimum absolute atomic E-state index is 0.223. The fourth-order valence-corrected chi connectivity index (χ4v) is 1.86. The van der Waals surface area contributed by atoms with Gasteiger partial charge in [0.2, 0.25) is 0 Å². The SMILES string of the molecule is CCn1ccnc1-c1ccc(CNC)cc1F. The molecule has 1 N–H and O–H groups in total. The van der Waals surface area contributed by atoms with E-state index in [2.05, 4.69) is 10.3 Å². The minimum Gasteiger partial charge on any atom is -0.331 e. The van der Waals surface area contributed by atoms with Crippen LogP contribution in [0.1, 0.15) is 12.5 Å². The van der Waals surface area contributed by atoms with Crippen LogP contribution in [0.2, 0.25) is 0 Å². The Kier molecular flexibility index (Phi) is 3.54. The van der Waals surface area contributed by atoms with Gasteiger partial charge in [-0.1, -0.05) is 6.07 Å². The van der Waals surface area contributed by atoms with E-state index in [1.54, 1.807) is 18.3 Å². The van der Waals surface area contributed by atoms with Crippen molar-refractivity contribution in [1.82, 2.24) is 14.9 Å². The van der Waals surface area contributed by atoms with Crippen molar-refractivity contribution in [3.05, 3.63) is 42.0 Å². The van der Waals surface area contributed by atoms with Gasteiger partial charge >= 0.3 is 0 Å². The molecule has 0 spiro atoms. The second kappa shape index (κ2) is 5.10. The Hall–Kier alpha value is -1.68. The Bertz CT molecular complexity index is 505. The van der Waals surface area contributed by atoms with Crippen molar-refractivity contribution in [2.45, 2.75) is 20.0 Å². The molecule has 2 rings (SSSR count). The first-order valence-corrected chi connectivity index (χ1v) is 5.70. The Morgan fingerprint density at radius 2 is 2.24 bits per heavy atom. The van der Waals surface area contributed by atoms with Gasteiger partial charge in [0.05, 0.1) is 5.56 Å². The molecule has 1 aromatic carbocycles. The van der Waals surface area contributed by atoms with Crippen molar-refractivity contribution in [2.75, 3.05) is 7.05 Å². The number of halogens is 1. The molecule has 0 bridgehead atoms. The van der Waals surface area contributed by atoms with Gasteiger partial charge in [0.1, 0.15) is 11.6 Å². The molecule has 0 radical (unpaired) electrons. The summed E-state index contributed by atoms with van der Waals surface area (Å²) in [5, 5.41) is 3.00. The van der Waals surface area contributed by atoms with Gasteiger partial charge < -0.3 is 9.88 Å². The Labute approximate surface area is 100 Å². The average molecular weight is 233 g/mol. The Morgan fingerprint density at radius 1 is 1.41 bits per heavy atom. The number of nitrogens with zero attached hydrogens (tertiary/aromatic N) is 2. The van der Waals surface area contributed by atoms with Gasteiger partial charge in [-0.25, -0.2) is 9.37 Å². The van der Waals surface area contributed by atoms with Crippen LogP contribution in [-0.2, 0) is 13.1 Å². The van der Waals surface area contributed by atoms with Crippen LogP contribution in [0.15, 0.2) is 30.6 Å². The zero-order chi connectivity index (χ0) is 12.3. The fraction of sp³-hybridized carbons (Fsp3) is 0.308. The van der Waals surface area contributed by atoms with Crippen LogP contribution in [0.5, 0.6) is 0 Å². The van der Waals surface area contributed by atoms with Gasteiger partial charge in [0.25, 0.3) is 0 Å². The lowest BCUT2D eigenvalue weighted by atomic mass is 10.1. The van der Waals surface area contributed by atoms with Crippen LogP contribution in [-0.4, -0.2) is 16.6 Å². The molecule has 0 atom stereocenters. The van der Waals surface area contributed by atoms with E-state index in [1.165, 1.54) is 0 Å². The summed E-state index contributed by atoms with van der Waals surface area (Å²) in [6, 6.07) is 5.26. The third kappa shape index (κ3) is 2.36. The van der Waals surface area contributed by atoms with Crippen molar-refractivity contribution in [2.24, 2.45) is 0 Å². The zero-order valence-corrected chi connectivity index (χ0v) is 10.1. The molecule has 1 aromatic heterocycles. The van der Waals surface area contributed by atoms with E-state index >= 15 is 0 Å². The third-order valence-corrected chi connectivity index (χ3v) is 2.71. The first kappa shape index (κ1) is 11.8. The van der Waals surface area contributed by atoms with E-state index in [0.717, 1.165) is 12.1 Å². The van der Waals surface area contributed by atoms with E-state index < -0.39 is 0 Å². The number of imidazole rings is 1. The predicted molar refractivity (Wildman–Crippen MR) is 66.1 cm³/mol. The Balaban J connectivity index is 2.39. The highest BCUT2D eigenvalue weighted by Gasteiger charge is 2.10. The average Bonchev–Trinajstić information content (AvgIpc) is 2.77. The van der Waals surface area contributed by atoms with Crippen molar-refractivity contribution in [1.29, 1.82) is 0 Å². The van der Waals surface area contributed by atoms with E-state index in [1.807, 2.05) is 30.8 Å². The van der Waals surface area contributed by atoms with E-state index in [4.69, 9.17) is 0 Å². The molecule has 2 aromatic rings. The topological polar surface area (TPSA) is 29.9 Å². The molecule has 90 valence electrons. The molecule has 0 saturated heterocycles. The first-order chi connectivity index (χ1) is 8.26. The first-order valence-electron chi connectivity index (χ1n) is 5.70. The third-order valence-electron chi connectivity index (χ3n) is 2.71. The highest BCUT2D eigenvalue weighted by atomic mass is 19.1. The predicted octanol–water partition coefficient (Wildman–Crippen LogP) is 2.43. The van der Waals surface area contributed by atoms with Crippen LogP contribution in [0.3, 0.4) is 0 Å². The number of aromatic nitrogens is 2. The maximum atomic E-state index is 14.0. The molecule has 0 aliphatic rings. The molecule has 4 heteroatoms. The number of aryl methyl sites for hydroxylation is 1. The van der Waals surface area contributed by atoms with Crippen molar-refractivity contribution >= 4 is 0 Å². The molecular formula is C13H16FN3. The summed E-state index contributed by atoms with van der Waals surface area (Å²) in [6.45, 7) is 3.46. The standard InChI is InChI=1S/C13H16FN3/c1-3-17-7-6-16-13(17)11-5-4-10(9-15-2)8-12(11)14/h4-8,15H,3,9H2,1-2H3. The van der Waals surface area contributed by atoms with Gasteiger partial charge in [-0.05, 0) is 31.7 Å². The Morgan fingerprint density at radius 3 is 2.88 bits per heavy atom. The summed E-state index contributed by atoms with van der Waals surface area (Å²) in [7, 11) is 1.84. The number of rotatable bonds is 4. The smallest absolute Gasteiger partial charge is 0.142 e. The second-order valence-corrected chi connectivity index (χ2v) is 3.88. The van der Waals surface area contributed by atoms with Crippen LogP contribution >= 0.6 is 0 Å². The summed E-state index contributed by atoms with van der Waals surface area (Å²) in [5.74, 6) is 0.458. The summed E-state index contributed by atoms with van der Waals surface area (Å²) >= 11 is 0. The monoisotopic (exact) mass is 233 g/mol. The highest BCUT2D eigenvalue weighted by Crippen LogP contribution is 2.22. The lowest BCUT2D eigenvalue weighted by molar-refractivity contribution is 0.623. The lowest BCUT2D eigenvalue weighted by Gasteiger charge is -2.07. The van der Waals surface area contributed by atoms with Crippen LogP contribution in [0, 0.1) is 5.82 Å². The zero-order valence-electron chi connectivity index (χ0n) is 10.1. The molecule has 0 fully saturated rings. The van der Waals surface area contributed by atoms with E-state index in [-0.39, 0.29) is 5.82 Å². The molecule has 0 unspecified atom stereocenters. The van der Waals surface area contributed by atoms with E-state index in [0.29, 0.717) is 17.9 Å². The van der Waals surface area contributed by atoms with Gasteiger partial charge in [0.15, 0.2) is 0 Å². The minimum atomic E-state index is -0.223. The molecule has 0 aliphatic carbocycles. The van der Waals surface area contributed by atoms with Crippen molar-refractivity contribution in [3.8, 4) is 11.4 Å². The maximum Gasteiger partial charge on any atom is 0.142 e. The molecule has 0 aliphatic heterocycles. The normalized spacial score (nSPS) is 10.8. The molecule has 3 nitrogen and oxygen atoms in total. The van der Waals surface area contributed by atoms with E-state index in [9.17, 15) is 4.39 Å². The number of hydrogen-bond acceptors (Lipinski definition) is 2. The quantitative estimate of drug-likeness (QED) is 0.879. The molecule has 0 saturated carbocycles. The highest BCUT2D eigenvalue weighted by molar-refractivity contribution is 5.57. The van der Waals surface area contributed by atoms with Crippen LogP contribution < -0.4 is 5.32 Å². The van der Waals surface area contributed by atoms with Gasteiger partial charge in [-0.2, -0.15) is 0 Å². The fourth-order valence-electron chi connectivity index (χ4n) is 1.86.